The smallest absolute Gasteiger partial charge is 0.408 e. The molecule has 4 aliphatic carbocycles. The van der Waals surface area contributed by atoms with E-state index in [0.29, 0.717) is 18.3 Å². The number of benzene rings is 1. The summed E-state index contributed by atoms with van der Waals surface area (Å²) in [7, 11) is 0. The number of fused-ring (bicyclic) bond motifs is 1. The summed E-state index contributed by atoms with van der Waals surface area (Å²) in [5.74, 6) is 2.70. The Balaban J connectivity index is 1.27. The number of carbonyl (C=O) groups is 2. The van der Waals surface area contributed by atoms with Crippen LogP contribution in [0.3, 0.4) is 0 Å². The quantitative estimate of drug-likeness (QED) is 0.763. The molecule has 1 aromatic heterocycles. The van der Waals surface area contributed by atoms with Crippen molar-refractivity contribution in [2.24, 2.45) is 23.7 Å². The number of aldehydes is 1. The Labute approximate surface area is 165 Å². The maximum atomic E-state index is 12.7. The van der Waals surface area contributed by atoms with Gasteiger partial charge in [-0.05, 0) is 74.3 Å². The molecule has 5 nitrogen and oxygen atoms in total. The average molecular weight is 380 g/mol. The Bertz CT molecular complexity index is 876. The number of carbonyl (C=O) groups excluding carboxylic acids is 2. The van der Waals surface area contributed by atoms with Gasteiger partial charge in [0, 0.05) is 23.5 Å². The summed E-state index contributed by atoms with van der Waals surface area (Å²) in [6, 6.07) is 7.98. The number of amides is 1. The van der Waals surface area contributed by atoms with Crippen molar-refractivity contribution in [3.63, 3.8) is 0 Å². The third-order valence-electron chi connectivity index (χ3n) is 7.26. The minimum Gasteiger partial charge on any atom is -0.446 e. The SMILES string of the molecule is C[C@](C=O)(Cc1c[nH]c2ccccc12)NC(=O)OC1C2CC3CC(C2)CC1C3. The highest BCUT2D eigenvalue weighted by Gasteiger charge is 2.50. The third kappa shape index (κ3) is 3.11. The zero-order valence-corrected chi connectivity index (χ0v) is 16.3. The molecule has 2 aromatic rings. The molecular weight excluding hydrogens is 352 g/mol. The minimum absolute atomic E-state index is 0.0248. The van der Waals surface area contributed by atoms with Gasteiger partial charge in [0.1, 0.15) is 17.9 Å². The van der Waals surface area contributed by atoms with Crippen molar-refractivity contribution in [2.75, 3.05) is 0 Å². The summed E-state index contributed by atoms with van der Waals surface area (Å²) in [5, 5.41) is 3.94. The number of hydrogen-bond acceptors (Lipinski definition) is 3. The lowest BCUT2D eigenvalue weighted by Gasteiger charge is -2.53. The van der Waals surface area contributed by atoms with Crippen LogP contribution in [-0.2, 0) is 16.0 Å². The van der Waals surface area contributed by atoms with Crippen molar-refractivity contribution >= 4 is 23.3 Å². The van der Waals surface area contributed by atoms with Crippen LogP contribution < -0.4 is 5.32 Å². The van der Waals surface area contributed by atoms with Crippen LogP contribution in [0.4, 0.5) is 4.79 Å². The van der Waals surface area contributed by atoms with Gasteiger partial charge in [-0.3, -0.25) is 0 Å². The van der Waals surface area contributed by atoms with Crippen LogP contribution in [0, 0.1) is 23.7 Å². The predicted molar refractivity (Wildman–Crippen MR) is 107 cm³/mol. The second kappa shape index (κ2) is 6.64. The summed E-state index contributed by atoms with van der Waals surface area (Å²) in [5.41, 5.74) is 1.05. The van der Waals surface area contributed by atoms with Crippen molar-refractivity contribution in [1.82, 2.24) is 10.3 Å². The topological polar surface area (TPSA) is 71.2 Å². The van der Waals surface area contributed by atoms with E-state index in [1.54, 1.807) is 6.92 Å². The number of hydrogen-bond donors (Lipinski definition) is 2. The standard InChI is InChI=1S/C23H28N2O3/c1-23(13-26,11-18-12-24-20-5-3-2-4-19(18)20)25-22(27)28-21-16-7-14-6-15(9-16)10-17(21)8-14/h2-5,12-17,21,24H,6-11H2,1H3,(H,25,27)/t14?,15?,16?,17?,21?,23-/m1/s1. The summed E-state index contributed by atoms with van der Waals surface area (Å²) in [6.45, 7) is 1.76. The lowest BCUT2D eigenvalue weighted by molar-refractivity contribution is -0.114. The van der Waals surface area contributed by atoms with E-state index in [9.17, 15) is 9.59 Å². The Morgan fingerprint density at radius 2 is 1.86 bits per heavy atom. The molecule has 1 atom stereocenters. The monoisotopic (exact) mass is 380 g/mol. The van der Waals surface area contributed by atoms with E-state index >= 15 is 0 Å². The van der Waals surface area contributed by atoms with Crippen LogP contribution in [0.2, 0.25) is 0 Å². The molecule has 1 heterocycles. The lowest BCUT2D eigenvalue weighted by Crippen LogP contribution is -2.54. The van der Waals surface area contributed by atoms with E-state index in [1.165, 1.54) is 32.1 Å². The van der Waals surface area contributed by atoms with Crippen LogP contribution in [0.5, 0.6) is 0 Å². The minimum atomic E-state index is -0.992. The van der Waals surface area contributed by atoms with Crippen LogP contribution in [0.25, 0.3) is 10.9 Å². The van der Waals surface area contributed by atoms with Gasteiger partial charge in [-0.2, -0.15) is 0 Å². The molecule has 148 valence electrons. The Morgan fingerprint density at radius 3 is 2.54 bits per heavy atom. The number of H-pyrrole nitrogens is 1. The molecule has 0 saturated heterocycles. The highest BCUT2D eigenvalue weighted by molar-refractivity contribution is 5.84. The molecule has 1 aromatic carbocycles. The fourth-order valence-electron chi connectivity index (χ4n) is 6.24. The number of aromatic amines is 1. The van der Waals surface area contributed by atoms with Gasteiger partial charge in [0.2, 0.25) is 0 Å². The van der Waals surface area contributed by atoms with E-state index < -0.39 is 11.6 Å². The highest BCUT2D eigenvalue weighted by atomic mass is 16.6. The molecule has 4 aliphatic rings. The summed E-state index contributed by atoms with van der Waals surface area (Å²) in [4.78, 5) is 27.8. The number of nitrogens with one attached hydrogen (secondary N) is 2. The average Bonchev–Trinajstić information content (AvgIpc) is 3.07. The van der Waals surface area contributed by atoms with Gasteiger partial charge in [-0.25, -0.2) is 4.79 Å². The Kier molecular flexibility index (Phi) is 4.22. The predicted octanol–water partition coefficient (Wildman–Crippen LogP) is 4.22. The molecule has 4 bridgehead atoms. The first-order chi connectivity index (χ1) is 13.5. The van der Waals surface area contributed by atoms with Gasteiger partial charge in [-0.1, -0.05) is 18.2 Å². The molecule has 0 unspecified atom stereocenters. The number of rotatable bonds is 5. The normalized spacial score (nSPS) is 32.8. The molecule has 6 rings (SSSR count). The zero-order chi connectivity index (χ0) is 19.3. The van der Waals surface area contributed by atoms with Crippen LogP contribution in [0.15, 0.2) is 30.5 Å². The van der Waals surface area contributed by atoms with E-state index in [-0.39, 0.29) is 6.10 Å². The van der Waals surface area contributed by atoms with Crippen LogP contribution >= 0.6 is 0 Å². The first-order valence-corrected chi connectivity index (χ1v) is 10.5. The second-order valence-electron chi connectivity index (χ2n) is 9.50. The van der Waals surface area contributed by atoms with Crippen LogP contribution in [0.1, 0.15) is 44.6 Å². The van der Waals surface area contributed by atoms with Crippen LogP contribution in [-0.4, -0.2) is 29.0 Å². The van der Waals surface area contributed by atoms with Gasteiger partial charge in [-0.15, -0.1) is 0 Å². The zero-order valence-electron chi connectivity index (χ0n) is 16.3. The lowest BCUT2D eigenvalue weighted by atomic mass is 9.55. The second-order valence-corrected chi connectivity index (χ2v) is 9.50. The molecule has 1 amide bonds. The van der Waals surface area contributed by atoms with Gasteiger partial charge in [0.25, 0.3) is 0 Å². The largest absolute Gasteiger partial charge is 0.446 e. The van der Waals surface area contributed by atoms with Gasteiger partial charge in [0.15, 0.2) is 0 Å². The fraction of sp³-hybridized carbons (Fsp3) is 0.565. The summed E-state index contributed by atoms with van der Waals surface area (Å²) in [6.07, 6.45) is 8.91. The highest BCUT2D eigenvalue weighted by Crippen LogP contribution is 2.54. The van der Waals surface area contributed by atoms with Crippen molar-refractivity contribution in [3.8, 4) is 0 Å². The van der Waals surface area contributed by atoms with Crippen molar-refractivity contribution in [3.05, 3.63) is 36.0 Å². The molecule has 0 aliphatic heterocycles. The van der Waals surface area contributed by atoms with Crippen molar-refractivity contribution in [1.29, 1.82) is 0 Å². The van der Waals surface area contributed by atoms with Crippen molar-refractivity contribution < 1.29 is 14.3 Å². The van der Waals surface area contributed by atoms with E-state index in [1.807, 2.05) is 30.5 Å². The summed E-state index contributed by atoms with van der Waals surface area (Å²) < 4.78 is 5.91. The molecule has 2 N–H and O–H groups in total. The van der Waals surface area contributed by atoms with Gasteiger partial charge in [0.05, 0.1) is 0 Å². The molecule has 0 radical (unpaired) electrons. The Hall–Kier alpha value is -2.30. The van der Waals surface area contributed by atoms with Crippen molar-refractivity contribution in [2.45, 2.75) is 57.1 Å². The first-order valence-electron chi connectivity index (χ1n) is 10.5. The maximum Gasteiger partial charge on any atom is 0.408 e. The molecular formula is C23H28N2O3. The molecule has 28 heavy (non-hydrogen) atoms. The number of ether oxygens (including phenoxy) is 1. The molecule has 4 saturated carbocycles. The van der Waals surface area contributed by atoms with E-state index in [0.717, 1.165) is 34.6 Å². The third-order valence-corrected chi connectivity index (χ3v) is 7.26. The summed E-state index contributed by atoms with van der Waals surface area (Å²) >= 11 is 0. The maximum absolute atomic E-state index is 12.7. The van der Waals surface area contributed by atoms with E-state index in [2.05, 4.69) is 10.3 Å². The number of para-hydroxylation sites is 1. The fourth-order valence-corrected chi connectivity index (χ4v) is 6.24. The molecule has 0 spiro atoms. The molecule has 4 fully saturated rings. The molecule has 5 heteroatoms. The first kappa shape index (κ1) is 17.8. The van der Waals surface area contributed by atoms with E-state index in [4.69, 9.17) is 4.74 Å². The van der Waals surface area contributed by atoms with Gasteiger partial charge < -0.3 is 19.8 Å². The van der Waals surface area contributed by atoms with Gasteiger partial charge >= 0.3 is 6.09 Å². The number of alkyl carbamates (subject to hydrolysis) is 1. The number of aromatic nitrogens is 1. The Morgan fingerprint density at radius 1 is 1.18 bits per heavy atom.